The molecule has 0 radical (unpaired) electrons. The largest absolute Gasteiger partial charge is 0.382 e. The Kier molecular flexibility index (Phi) is 16.2. The third-order valence-corrected chi connectivity index (χ3v) is 14.6. The molecule has 2 aliphatic rings. The van der Waals surface area contributed by atoms with Gasteiger partial charge in [0, 0.05) is 25.7 Å². The van der Waals surface area contributed by atoms with E-state index in [1.165, 1.54) is 25.4 Å². The fourth-order valence-corrected chi connectivity index (χ4v) is 13.0. The second-order valence-electron chi connectivity index (χ2n) is 5.45. The second-order valence-corrected chi connectivity index (χ2v) is 14.9. The lowest BCUT2D eigenvalue weighted by Crippen LogP contribution is -2.04. The molecule has 0 spiro atoms. The zero-order valence-electron chi connectivity index (χ0n) is 17.6. The molecule has 172 valence electrons. The van der Waals surface area contributed by atoms with Crippen LogP contribution in [-0.2, 0) is 18.9 Å². The van der Waals surface area contributed by atoms with E-state index in [1.54, 1.807) is 14.2 Å². The lowest BCUT2D eigenvalue weighted by atomic mass is 10.7. The van der Waals surface area contributed by atoms with Gasteiger partial charge in [0.05, 0.1) is 65.1 Å². The molecule has 2 aliphatic heterocycles. The van der Waals surface area contributed by atoms with Crippen molar-refractivity contribution in [2.24, 2.45) is 0 Å². The molecule has 30 heavy (non-hydrogen) atoms. The highest BCUT2D eigenvalue weighted by molar-refractivity contribution is 8.45. The van der Waals surface area contributed by atoms with Gasteiger partial charge < -0.3 is 18.9 Å². The molecular weight excluding hydrogens is 537 g/mol. The minimum absolute atomic E-state index is 0.648. The molecule has 12 heteroatoms. The fraction of sp³-hybridized carbons (Fsp3) is 0.667. The molecule has 0 atom stereocenters. The second kappa shape index (κ2) is 17.3. The van der Waals surface area contributed by atoms with E-state index in [0.29, 0.717) is 26.4 Å². The van der Waals surface area contributed by atoms with E-state index >= 15 is 0 Å². The van der Waals surface area contributed by atoms with Gasteiger partial charge in [-0.2, -0.15) is 0 Å². The number of hydrogen-bond acceptors (Lipinski definition) is 12. The maximum Gasteiger partial charge on any atom is 0.0717 e. The van der Waals surface area contributed by atoms with Gasteiger partial charge in [-0.1, -0.05) is 47.0 Å². The summed E-state index contributed by atoms with van der Waals surface area (Å²) in [5.74, 6) is 1.91. The number of thioether (sulfide) groups is 8. The molecule has 0 amide bonds. The van der Waals surface area contributed by atoms with Gasteiger partial charge in [-0.25, -0.2) is 0 Å². The summed E-state index contributed by atoms with van der Waals surface area (Å²) in [5, 5.41) is 0. The average molecular weight is 565 g/mol. The van der Waals surface area contributed by atoms with Crippen LogP contribution in [0.5, 0.6) is 0 Å². The quantitative estimate of drug-likeness (QED) is 0.184. The molecule has 2 heterocycles. The van der Waals surface area contributed by atoms with E-state index in [9.17, 15) is 0 Å². The Bertz CT molecular complexity index is 575. The van der Waals surface area contributed by atoms with Crippen LogP contribution < -0.4 is 0 Å². The van der Waals surface area contributed by atoms with E-state index in [0.717, 1.165) is 24.7 Å². The summed E-state index contributed by atoms with van der Waals surface area (Å²) in [4.78, 5) is 0. The molecule has 0 aromatic rings. The van der Waals surface area contributed by atoms with Crippen LogP contribution in [0.15, 0.2) is 25.4 Å². The summed E-state index contributed by atoms with van der Waals surface area (Å²) in [7, 11) is 3.40. The van der Waals surface area contributed by atoms with Crippen LogP contribution in [0.4, 0.5) is 0 Å². The molecule has 0 bridgehead atoms. The number of rotatable bonds is 16. The molecule has 2 rings (SSSR count). The summed E-state index contributed by atoms with van der Waals surface area (Å²) in [6.07, 6.45) is 4.32. The van der Waals surface area contributed by atoms with Gasteiger partial charge in [-0.15, -0.1) is 47.0 Å². The van der Waals surface area contributed by atoms with E-state index in [4.69, 9.17) is 18.9 Å². The lowest BCUT2D eigenvalue weighted by Gasteiger charge is -2.06. The van der Waals surface area contributed by atoms with Crippen molar-refractivity contribution >= 4 is 94.1 Å². The third kappa shape index (κ3) is 10.0. The Hall–Kier alpha value is 1.86. The van der Waals surface area contributed by atoms with E-state index in [-0.39, 0.29) is 0 Å². The standard InChI is InChI=1S/C18H28O4S8/c1-19-5-7-21-9-11-25-15-16(26-12-10-22-8-6-20-2)30-18(29-15)17-27-13(23-3)14(24-4)28-17/h5-12H2,1-4H3. The number of ether oxygens (including phenoxy) is 4. The first kappa shape index (κ1) is 28.1. The van der Waals surface area contributed by atoms with Crippen molar-refractivity contribution in [2.75, 3.05) is 77.9 Å². The van der Waals surface area contributed by atoms with Crippen molar-refractivity contribution < 1.29 is 18.9 Å². The van der Waals surface area contributed by atoms with Crippen molar-refractivity contribution in [1.82, 2.24) is 0 Å². The monoisotopic (exact) mass is 564 g/mol. The summed E-state index contributed by atoms with van der Waals surface area (Å²) in [5.41, 5.74) is 0. The van der Waals surface area contributed by atoms with Crippen molar-refractivity contribution in [3.8, 4) is 0 Å². The Morgan fingerprint density at radius 3 is 1.33 bits per heavy atom. The summed E-state index contributed by atoms with van der Waals surface area (Å²) < 4.78 is 29.8. The van der Waals surface area contributed by atoms with Gasteiger partial charge >= 0.3 is 0 Å². The zero-order valence-corrected chi connectivity index (χ0v) is 24.1. The van der Waals surface area contributed by atoms with E-state index in [2.05, 4.69) is 12.5 Å². The predicted molar refractivity (Wildman–Crippen MR) is 149 cm³/mol. The zero-order chi connectivity index (χ0) is 21.6. The van der Waals surface area contributed by atoms with Crippen LogP contribution in [0.2, 0.25) is 0 Å². The minimum Gasteiger partial charge on any atom is -0.382 e. The van der Waals surface area contributed by atoms with Gasteiger partial charge in [0.2, 0.25) is 0 Å². The normalized spacial score (nSPS) is 17.2. The predicted octanol–water partition coefficient (Wildman–Crippen LogP) is 6.84. The van der Waals surface area contributed by atoms with Gasteiger partial charge in [-0.05, 0) is 12.5 Å². The molecule has 4 nitrogen and oxygen atoms in total. The molecule has 0 unspecified atom stereocenters. The molecule has 0 aromatic heterocycles. The van der Waals surface area contributed by atoms with Crippen LogP contribution >= 0.6 is 94.1 Å². The van der Waals surface area contributed by atoms with Gasteiger partial charge in [0.25, 0.3) is 0 Å². The lowest BCUT2D eigenvalue weighted by molar-refractivity contribution is 0.0790. The molecule has 0 saturated carbocycles. The minimum atomic E-state index is 0.648. The van der Waals surface area contributed by atoms with Crippen molar-refractivity contribution in [1.29, 1.82) is 0 Å². The highest BCUT2D eigenvalue weighted by atomic mass is 32.3. The van der Waals surface area contributed by atoms with Crippen LogP contribution in [0.1, 0.15) is 0 Å². The maximum absolute atomic E-state index is 5.63. The van der Waals surface area contributed by atoms with E-state index in [1.807, 2.05) is 94.1 Å². The van der Waals surface area contributed by atoms with Gasteiger partial charge in [0.1, 0.15) is 0 Å². The van der Waals surface area contributed by atoms with Gasteiger partial charge in [0.15, 0.2) is 0 Å². The molecule has 0 N–H and O–H groups in total. The summed E-state index contributed by atoms with van der Waals surface area (Å²) in [6.45, 7) is 4.09. The Labute approximate surface area is 214 Å². The van der Waals surface area contributed by atoms with Crippen molar-refractivity contribution in [2.45, 2.75) is 0 Å². The smallest absolute Gasteiger partial charge is 0.0717 e. The van der Waals surface area contributed by atoms with Crippen LogP contribution in [-0.4, -0.2) is 77.9 Å². The van der Waals surface area contributed by atoms with Crippen LogP contribution in [0, 0.1) is 0 Å². The first-order chi connectivity index (χ1) is 14.7. The highest BCUT2D eigenvalue weighted by Gasteiger charge is 2.30. The summed E-state index contributed by atoms with van der Waals surface area (Å²) in [6, 6.07) is 0. The van der Waals surface area contributed by atoms with Crippen LogP contribution in [0.25, 0.3) is 0 Å². The third-order valence-electron chi connectivity index (χ3n) is 3.40. The highest BCUT2D eigenvalue weighted by Crippen LogP contribution is 2.65. The fourth-order valence-electron chi connectivity index (χ4n) is 2.01. The topological polar surface area (TPSA) is 36.9 Å². The Morgan fingerprint density at radius 1 is 0.567 bits per heavy atom. The molecule has 0 saturated heterocycles. The Morgan fingerprint density at radius 2 is 0.967 bits per heavy atom. The first-order valence-corrected chi connectivity index (χ1v) is 16.8. The van der Waals surface area contributed by atoms with Crippen molar-refractivity contribution in [3.63, 3.8) is 0 Å². The van der Waals surface area contributed by atoms with Crippen molar-refractivity contribution in [3.05, 3.63) is 25.4 Å². The summed E-state index contributed by atoms with van der Waals surface area (Å²) >= 11 is 15.2. The molecular formula is C18H28O4S8. The Balaban J connectivity index is 1.90. The van der Waals surface area contributed by atoms with E-state index < -0.39 is 0 Å². The molecule has 0 aromatic carbocycles. The first-order valence-electron chi connectivity index (χ1n) is 9.14. The maximum atomic E-state index is 5.63. The van der Waals surface area contributed by atoms with Crippen LogP contribution in [0.3, 0.4) is 0 Å². The SMILES string of the molecule is COCCOCCSC1=C(SCCOCCOC)SC(=C2SC(SC)=C(SC)S2)S1. The average Bonchev–Trinajstić information content (AvgIpc) is 3.36. The number of hydrogen-bond donors (Lipinski definition) is 0. The van der Waals surface area contributed by atoms with Gasteiger partial charge in [-0.3, -0.25) is 0 Å². The molecule has 0 fully saturated rings. The number of methoxy groups -OCH3 is 2. The molecule has 0 aliphatic carbocycles.